The predicted molar refractivity (Wildman–Crippen MR) is 293 cm³/mol. The first kappa shape index (κ1) is 40.8. The van der Waals surface area contributed by atoms with Gasteiger partial charge in [-0.15, -0.1) is 0 Å². The fourth-order valence-corrected chi connectivity index (χ4v) is 11.4. The lowest BCUT2D eigenvalue weighted by atomic mass is 9.81. The third-order valence-electron chi connectivity index (χ3n) is 14.8. The van der Waals surface area contributed by atoms with Gasteiger partial charge >= 0.3 is 0 Å². The molecular formula is C66H45N5. The van der Waals surface area contributed by atoms with Crippen molar-refractivity contribution in [2.75, 3.05) is 0 Å². The third-order valence-corrected chi connectivity index (χ3v) is 14.8. The van der Waals surface area contributed by atoms with E-state index >= 15 is 0 Å². The molecule has 0 fully saturated rings. The fourth-order valence-electron chi connectivity index (χ4n) is 11.4. The predicted octanol–water partition coefficient (Wildman–Crippen LogP) is 16.7. The Morgan fingerprint density at radius 1 is 0.282 bits per heavy atom. The van der Waals surface area contributed by atoms with E-state index in [1.165, 1.54) is 43.8 Å². The molecule has 0 saturated carbocycles. The Bertz CT molecular complexity index is 4150. The summed E-state index contributed by atoms with van der Waals surface area (Å²) in [5.41, 5.74) is 19.0. The summed E-state index contributed by atoms with van der Waals surface area (Å²) in [4.78, 5) is 16.1. The molecule has 0 spiro atoms. The van der Waals surface area contributed by atoms with E-state index in [2.05, 4.69) is 241 Å². The molecule has 14 rings (SSSR count). The zero-order chi connectivity index (χ0) is 47.2. The van der Waals surface area contributed by atoms with Gasteiger partial charge in [-0.25, -0.2) is 15.0 Å². The lowest BCUT2D eigenvalue weighted by Gasteiger charge is -2.22. The summed E-state index contributed by atoms with van der Waals surface area (Å²) >= 11 is 0. The number of nitrogens with zero attached hydrogens (tertiary/aromatic N) is 5. The number of fused-ring (bicyclic) bond motifs is 9. The molecule has 0 aliphatic heterocycles. The lowest BCUT2D eigenvalue weighted by molar-refractivity contribution is 0.660. The van der Waals surface area contributed by atoms with Crippen molar-refractivity contribution in [3.05, 3.63) is 248 Å². The van der Waals surface area contributed by atoms with Crippen molar-refractivity contribution in [2.24, 2.45) is 0 Å². The summed E-state index contributed by atoms with van der Waals surface area (Å²) in [6.07, 6.45) is 0. The molecule has 5 heteroatoms. The maximum atomic E-state index is 5.45. The van der Waals surface area contributed by atoms with E-state index in [0.717, 1.165) is 72.4 Å². The van der Waals surface area contributed by atoms with Gasteiger partial charge in [0.1, 0.15) is 0 Å². The average Bonchev–Trinajstić information content (AvgIpc) is 4.03. The van der Waals surface area contributed by atoms with Gasteiger partial charge in [-0.3, -0.25) is 0 Å². The van der Waals surface area contributed by atoms with Crippen LogP contribution in [0.2, 0.25) is 0 Å². The second-order valence-corrected chi connectivity index (χ2v) is 19.2. The lowest BCUT2D eigenvalue weighted by Crippen LogP contribution is -2.15. The third kappa shape index (κ3) is 6.43. The van der Waals surface area contributed by atoms with Crippen LogP contribution in [0.3, 0.4) is 0 Å². The highest BCUT2D eigenvalue weighted by atomic mass is 15.0. The molecule has 0 radical (unpaired) electrons. The van der Waals surface area contributed by atoms with Crippen LogP contribution in [0.4, 0.5) is 0 Å². The summed E-state index contributed by atoms with van der Waals surface area (Å²) in [5, 5.41) is 4.82. The van der Waals surface area contributed by atoms with Crippen LogP contribution >= 0.6 is 0 Å². The number of hydrogen-bond acceptors (Lipinski definition) is 3. The van der Waals surface area contributed by atoms with Gasteiger partial charge < -0.3 is 9.13 Å². The molecule has 1 aliphatic carbocycles. The molecule has 13 aromatic rings. The van der Waals surface area contributed by atoms with Crippen LogP contribution in [0.15, 0.2) is 237 Å². The summed E-state index contributed by atoms with van der Waals surface area (Å²) < 4.78 is 4.82. The van der Waals surface area contributed by atoms with Crippen molar-refractivity contribution in [1.82, 2.24) is 24.1 Å². The van der Waals surface area contributed by atoms with Gasteiger partial charge in [0.05, 0.1) is 33.4 Å². The number of rotatable bonds is 7. The van der Waals surface area contributed by atoms with E-state index in [-0.39, 0.29) is 5.41 Å². The zero-order valence-corrected chi connectivity index (χ0v) is 39.3. The van der Waals surface area contributed by atoms with Crippen LogP contribution in [0, 0.1) is 0 Å². The maximum Gasteiger partial charge on any atom is 0.164 e. The van der Waals surface area contributed by atoms with Crippen molar-refractivity contribution in [3.63, 3.8) is 0 Å². The molecule has 10 aromatic carbocycles. The van der Waals surface area contributed by atoms with Crippen LogP contribution < -0.4 is 0 Å². The highest BCUT2D eigenvalue weighted by molar-refractivity contribution is 6.11. The van der Waals surface area contributed by atoms with Gasteiger partial charge in [0.15, 0.2) is 17.5 Å². The Morgan fingerprint density at radius 3 is 1.15 bits per heavy atom. The van der Waals surface area contributed by atoms with Crippen molar-refractivity contribution in [1.29, 1.82) is 0 Å². The molecule has 3 heterocycles. The zero-order valence-electron chi connectivity index (χ0n) is 39.3. The quantitative estimate of drug-likeness (QED) is 0.160. The molecule has 71 heavy (non-hydrogen) atoms. The van der Waals surface area contributed by atoms with E-state index in [9.17, 15) is 0 Å². The van der Waals surface area contributed by atoms with Gasteiger partial charge in [-0.2, -0.15) is 0 Å². The fraction of sp³-hybridized carbons (Fsp3) is 0.0455. The Morgan fingerprint density at radius 2 is 0.648 bits per heavy atom. The van der Waals surface area contributed by atoms with Crippen LogP contribution in [0.25, 0.3) is 123 Å². The van der Waals surface area contributed by atoms with E-state index in [1.54, 1.807) is 0 Å². The number of hydrogen-bond donors (Lipinski definition) is 0. The standard InChI is InChI=1S/C66H45N5/c1-66(2)55-28-14-9-23-49(55)50-38-33-44(39-56(50)66)48-37-35-46(41-62(48)71-59-31-17-12-26-53(59)54-27-13-18-32-60(54)71)65-68-63(43-21-7-4-8-22-43)67-64(69-65)45-34-36-47(42-19-5-3-6-20-42)61(40-45)70-57-29-15-10-24-51(57)52-25-11-16-30-58(52)70/h3-41H,1-2H3. The van der Waals surface area contributed by atoms with Gasteiger partial charge in [0.2, 0.25) is 0 Å². The monoisotopic (exact) mass is 907 g/mol. The Hall–Kier alpha value is -9.19. The molecule has 0 amide bonds. The molecule has 0 saturated heterocycles. The van der Waals surface area contributed by atoms with Crippen LogP contribution in [-0.2, 0) is 5.41 Å². The smallest absolute Gasteiger partial charge is 0.164 e. The summed E-state index contributed by atoms with van der Waals surface area (Å²) in [7, 11) is 0. The molecule has 0 N–H and O–H groups in total. The Balaban J connectivity index is 1.01. The Labute approximate surface area is 411 Å². The second kappa shape index (κ2) is 15.9. The molecule has 3 aromatic heterocycles. The molecule has 0 atom stereocenters. The number of benzene rings is 10. The van der Waals surface area contributed by atoms with Crippen molar-refractivity contribution >= 4 is 43.6 Å². The van der Waals surface area contributed by atoms with Crippen LogP contribution in [0.1, 0.15) is 25.0 Å². The molecule has 334 valence electrons. The number of para-hydroxylation sites is 4. The second-order valence-electron chi connectivity index (χ2n) is 19.2. The van der Waals surface area contributed by atoms with E-state index in [1.807, 2.05) is 18.2 Å². The van der Waals surface area contributed by atoms with Crippen molar-refractivity contribution < 1.29 is 0 Å². The minimum atomic E-state index is -0.148. The number of aromatic nitrogens is 5. The minimum Gasteiger partial charge on any atom is -0.309 e. The first-order valence-corrected chi connectivity index (χ1v) is 24.4. The van der Waals surface area contributed by atoms with Crippen LogP contribution in [0.5, 0.6) is 0 Å². The first-order chi connectivity index (χ1) is 35.0. The van der Waals surface area contributed by atoms with Gasteiger partial charge in [0.25, 0.3) is 0 Å². The van der Waals surface area contributed by atoms with Gasteiger partial charge in [0, 0.05) is 54.8 Å². The molecule has 0 bridgehead atoms. The highest BCUT2D eigenvalue weighted by Crippen LogP contribution is 2.50. The Kier molecular flexibility index (Phi) is 9.17. The summed E-state index contributed by atoms with van der Waals surface area (Å²) in [5.74, 6) is 1.80. The molecule has 1 aliphatic rings. The van der Waals surface area contributed by atoms with Crippen molar-refractivity contribution in [3.8, 4) is 78.9 Å². The molecule has 0 unspecified atom stereocenters. The highest BCUT2D eigenvalue weighted by Gasteiger charge is 2.35. The van der Waals surface area contributed by atoms with E-state index < -0.39 is 0 Å². The average molecular weight is 908 g/mol. The topological polar surface area (TPSA) is 48.5 Å². The van der Waals surface area contributed by atoms with Crippen LogP contribution in [-0.4, -0.2) is 24.1 Å². The largest absolute Gasteiger partial charge is 0.309 e. The van der Waals surface area contributed by atoms with Gasteiger partial charge in [-0.05, 0) is 75.8 Å². The first-order valence-electron chi connectivity index (χ1n) is 24.4. The maximum absolute atomic E-state index is 5.45. The summed E-state index contributed by atoms with van der Waals surface area (Å²) in [6.45, 7) is 4.70. The van der Waals surface area contributed by atoms with E-state index in [4.69, 9.17) is 15.0 Å². The van der Waals surface area contributed by atoms with E-state index in [0.29, 0.717) is 17.5 Å². The molecular weight excluding hydrogens is 863 g/mol. The SMILES string of the molecule is CC1(C)c2ccccc2-c2ccc(-c3ccc(-c4nc(-c5ccccc5)nc(-c5ccc(-c6ccccc6)c(-n6c7ccccc7c7ccccc76)c5)n4)cc3-n3c4ccccc4c4ccccc43)cc21. The minimum absolute atomic E-state index is 0.148. The summed E-state index contributed by atoms with van der Waals surface area (Å²) in [6, 6.07) is 85.0. The van der Waals surface area contributed by atoms with Crippen molar-refractivity contribution in [2.45, 2.75) is 19.3 Å². The molecule has 5 nitrogen and oxygen atoms in total. The normalized spacial score (nSPS) is 12.8. The van der Waals surface area contributed by atoms with Gasteiger partial charge in [-0.1, -0.05) is 208 Å².